The molecule has 0 amide bonds. The van der Waals surface area contributed by atoms with Crippen LogP contribution in [0.5, 0.6) is 0 Å². The third kappa shape index (κ3) is 40.6. The molecule has 5 heavy (non-hydrogen) atoms. The van der Waals surface area contributed by atoms with Gasteiger partial charge in [0.05, 0.1) is 0 Å². The van der Waals surface area contributed by atoms with Gasteiger partial charge in [-0.3, -0.25) is 4.79 Å². The molecule has 3 heteroatoms. The first kappa shape index (κ1) is 16.5. The zero-order chi connectivity index (χ0) is 2.71. The summed E-state index contributed by atoms with van der Waals surface area (Å²) in [6, 6.07) is 0. The van der Waals surface area contributed by atoms with Crippen LogP contribution in [0.3, 0.4) is 0 Å². The molecule has 0 unspecified atom stereocenters. The van der Waals surface area contributed by atoms with E-state index in [1.54, 1.807) is 0 Å². The Kier molecular flexibility index (Phi) is 64.2. The predicted molar refractivity (Wildman–Crippen MR) is 11.4 cm³/mol. The van der Waals surface area contributed by atoms with Crippen LogP contribution in [0.1, 0.15) is 6.92 Å². The van der Waals surface area contributed by atoms with E-state index in [1.807, 2.05) is 0 Å². The largest absolute Gasteiger partial charge is 0.291 e. The number of rotatable bonds is 0. The molecule has 0 atom stereocenters. The fourth-order valence-electron chi connectivity index (χ4n) is 0. The van der Waals surface area contributed by atoms with Gasteiger partial charge >= 0.3 is 0 Å². The molecule has 0 bridgehead atoms. The molecule has 25 valence electrons. The minimum Gasteiger partial charge on any atom is -0.291 e. The number of carbonyl (C=O) groups excluding carboxylic acids is 1. The molecular formula is C2H3OTi2. The topological polar surface area (TPSA) is 17.1 Å². The number of hydrogen-bond donors (Lipinski definition) is 0. The normalized spacial score (nSPS) is 2.60. The van der Waals surface area contributed by atoms with E-state index in [-0.39, 0.29) is 43.4 Å². The van der Waals surface area contributed by atoms with Gasteiger partial charge in [0, 0.05) is 50.4 Å². The van der Waals surface area contributed by atoms with Crippen LogP contribution in [-0.4, -0.2) is 6.29 Å². The fraction of sp³-hybridized carbons (Fsp3) is 0.500. The van der Waals surface area contributed by atoms with Gasteiger partial charge in [-0.15, -0.1) is 0 Å². The molecule has 0 saturated heterocycles. The van der Waals surface area contributed by atoms with Crippen LogP contribution >= 0.6 is 0 Å². The summed E-state index contributed by atoms with van der Waals surface area (Å²) < 4.78 is 0. The first-order chi connectivity index (χ1) is 1.41. The van der Waals surface area contributed by atoms with Crippen molar-refractivity contribution in [1.29, 1.82) is 0 Å². The van der Waals surface area contributed by atoms with E-state index in [1.165, 1.54) is 13.2 Å². The van der Waals surface area contributed by atoms with E-state index in [2.05, 4.69) is 0 Å². The maximum atomic E-state index is 8.68. The third-order valence-corrected chi connectivity index (χ3v) is 0. The van der Waals surface area contributed by atoms with Crippen molar-refractivity contribution in [2.45, 2.75) is 6.92 Å². The molecule has 0 fully saturated rings. The van der Waals surface area contributed by atoms with Gasteiger partial charge in [0.2, 0.25) is 0 Å². The van der Waals surface area contributed by atoms with Gasteiger partial charge in [-0.25, -0.2) is 0 Å². The summed E-state index contributed by atoms with van der Waals surface area (Å²) in [5.74, 6) is 0. The minimum atomic E-state index is 0. The van der Waals surface area contributed by atoms with E-state index >= 15 is 0 Å². The van der Waals surface area contributed by atoms with Gasteiger partial charge in [-0.2, -0.15) is 0 Å². The average Bonchev–Trinajstić information content (AvgIpc) is 0.918. The molecule has 0 N–H and O–H groups in total. The van der Waals surface area contributed by atoms with Gasteiger partial charge in [0.1, 0.15) is 0 Å². The maximum absolute atomic E-state index is 8.68. The van der Waals surface area contributed by atoms with E-state index < -0.39 is 0 Å². The molecule has 1 nitrogen and oxygen atoms in total. The number of hydrogen-bond acceptors (Lipinski definition) is 1. The molecule has 0 aliphatic rings. The second-order valence-corrected chi connectivity index (χ2v) is 0.204. The van der Waals surface area contributed by atoms with E-state index in [0.717, 1.165) is 0 Å². The van der Waals surface area contributed by atoms with Crippen molar-refractivity contribution in [3.8, 4) is 0 Å². The second kappa shape index (κ2) is 19.4. The van der Waals surface area contributed by atoms with Gasteiger partial charge in [0.15, 0.2) is 6.29 Å². The molecular weight excluding hydrogens is 136 g/mol. The van der Waals surface area contributed by atoms with Gasteiger partial charge in [0.25, 0.3) is 0 Å². The van der Waals surface area contributed by atoms with Crippen molar-refractivity contribution in [1.82, 2.24) is 0 Å². The summed E-state index contributed by atoms with van der Waals surface area (Å²) in [6.07, 6.45) is 1.50. The summed E-state index contributed by atoms with van der Waals surface area (Å²) in [5, 5.41) is 0. The molecule has 0 heterocycles. The average molecular weight is 139 g/mol. The smallest absolute Gasteiger partial charge is 0.195 e. The van der Waals surface area contributed by atoms with Gasteiger partial charge < -0.3 is 0 Å². The van der Waals surface area contributed by atoms with Crippen molar-refractivity contribution < 1.29 is 48.2 Å². The first-order valence-electron chi connectivity index (χ1n) is 0.704. The Bertz CT molecular complexity index is 15.1. The molecule has 0 aromatic rings. The standard InChI is InChI=1S/C2H3O.2Ti/c1-2-3;;/h1H3;;. The van der Waals surface area contributed by atoms with Crippen LogP contribution in [0.2, 0.25) is 0 Å². The van der Waals surface area contributed by atoms with Crippen molar-refractivity contribution >= 4 is 6.29 Å². The Morgan fingerprint density at radius 3 is 1.40 bits per heavy atom. The summed E-state index contributed by atoms with van der Waals surface area (Å²) >= 11 is 0. The molecule has 0 aromatic carbocycles. The van der Waals surface area contributed by atoms with Crippen LogP contribution in [0.4, 0.5) is 0 Å². The molecule has 0 aliphatic heterocycles. The molecule has 0 spiro atoms. The maximum Gasteiger partial charge on any atom is 0.195 e. The molecule has 0 saturated carbocycles. The van der Waals surface area contributed by atoms with Gasteiger partial charge in [-0.1, -0.05) is 0 Å². The fourth-order valence-corrected chi connectivity index (χ4v) is 0. The molecule has 0 aliphatic carbocycles. The van der Waals surface area contributed by atoms with E-state index in [9.17, 15) is 0 Å². The molecule has 0 aromatic heterocycles. The first-order valence-corrected chi connectivity index (χ1v) is 0.704. The Labute approximate surface area is 61.3 Å². The van der Waals surface area contributed by atoms with Crippen LogP contribution in [0.15, 0.2) is 0 Å². The zero-order valence-electron chi connectivity index (χ0n) is 2.91. The summed E-state index contributed by atoms with van der Waals surface area (Å²) in [4.78, 5) is 8.68. The van der Waals surface area contributed by atoms with Crippen LogP contribution < -0.4 is 0 Å². The van der Waals surface area contributed by atoms with Crippen molar-refractivity contribution in [2.24, 2.45) is 0 Å². The zero-order valence-corrected chi connectivity index (χ0v) is 6.03. The summed E-state index contributed by atoms with van der Waals surface area (Å²) in [7, 11) is 0. The SMILES string of the molecule is C[C]=O.[Ti].[Ti]. The summed E-state index contributed by atoms with van der Waals surface area (Å²) in [6.45, 7) is 1.32. The van der Waals surface area contributed by atoms with E-state index in [0.29, 0.717) is 0 Å². The van der Waals surface area contributed by atoms with Crippen LogP contribution in [0.25, 0.3) is 0 Å². The van der Waals surface area contributed by atoms with E-state index in [4.69, 9.17) is 4.79 Å². The third-order valence-electron chi connectivity index (χ3n) is 0. The predicted octanol–water partition coefficient (Wildman–Crippen LogP) is 0.111. The van der Waals surface area contributed by atoms with Crippen molar-refractivity contribution in [3.63, 3.8) is 0 Å². The molecule has 1 radical (unpaired) electrons. The quantitative estimate of drug-likeness (QED) is 0.435. The minimum absolute atomic E-state index is 0. The Morgan fingerprint density at radius 1 is 1.40 bits per heavy atom. The summed E-state index contributed by atoms with van der Waals surface area (Å²) in [5.41, 5.74) is 0. The van der Waals surface area contributed by atoms with Crippen LogP contribution in [0, 0.1) is 0 Å². The van der Waals surface area contributed by atoms with Crippen LogP contribution in [-0.2, 0) is 48.2 Å². The Morgan fingerprint density at radius 2 is 1.40 bits per heavy atom. The second-order valence-electron chi connectivity index (χ2n) is 0.204. The monoisotopic (exact) mass is 139 g/mol. The molecule has 0 rings (SSSR count). The Hall–Kier alpha value is 1.10. The van der Waals surface area contributed by atoms with Gasteiger partial charge in [-0.05, 0) is 0 Å². The van der Waals surface area contributed by atoms with Crippen molar-refractivity contribution in [2.75, 3.05) is 0 Å². The Balaban J connectivity index is -0.0000000200. The van der Waals surface area contributed by atoms with Crippen molar-refractivity contribution in [3.05, 3.63) is 0 Å².